The molecule has 0 saturated heterocycles. The number of aliphatic imine (C=N–C) groups is 1. The molecule has 1 nitrogen and oxygen atoms in total. The Balaban J connectivity index is 2.56. The molecule has 0 aliphatic carbocycles. The summed E-state index contributed by atoms with van der Waals surface area (Å²) in [7, 11) is 0. The number of fused-ring (bicyclic) bond motifs is 1. The monoisotopic (exact) mass is 233 g/mol. The average molecular weight is 234 g/mol. The van der Waals surface area contributed by atoms with Crippen LogP contribution in [0.5, 0.6) is 0 Å². The maximum atomic E-state index is 12.5. The molecule has 1 aliphatic heterocycles. The van der Waals surface area contributed by atoms with Crippen LogP contribution in [-0.4, -0.2) is 12.8 Å². The van der Waals surface area contributed by atoms with E-state index in [1.54, 1.807) is 0 Å². The van der Waals surface area contributed by atoms with Crippen LogP contribution < -0.4 is 0 Å². The Hall–Kier alpha value is -1.03. The van der Waals surface area contributed by atoms with Crippen LogP contribution in [0.3, 0.4) is 0 Å². The van der Waals surface area contributed by atoms with E-state index in [0.717, 1.165) is 11.6 Å². The van der Waals surface area contributed by atoms with Gasteiger partial charge in [-0.25, -0.2) is 0 Å². The van der Waals surface area contributed by atoms with E-state index in [0.29, 0.717) is 18.5 Å². The Bertz CT molecular complexity index is 423. The number of hydrogen-bond donors (Lipinski definition) is 0. The normalized spacial score (nSPS) is 15.2. The second-order valence-corrected chi connectivity index (χ2v) is 3.72. The van der Waals surface area contributed by atoms with E-state index in [1.165, 1.54) is 12.3 Å². The molecule has 15 heavy (non-hydrogen) atoms. The molecular formula is C10H7ClF3N. The van der Waals surface area contributed by atoms with Crippen LogP contribution in [0.4, 0.5) is 13.2 Å². The van der Waals surface area contributed by atoms with Crippen LogP contribution in [0.1, 0.15) is 16.7 Å². The minimum Gasteiger partial charge on any atom is -0.292 e. The van der Waals surface area contributed by atoms with E-state index in [-0.39, 0.29) is 5.02 Å². The zero-order valence-electron chi connectivity index (χ0n) is 7.61. The van der Waals surface area contributed by atoms with Gasteiger partial charge in [-0.1, -0.05) is 11.6 Å². The van der Waals surface area contributed by atoms with Gasteiger partial charge in [0.05, 0.1) is 10.6 Å². The van der Waals surface area contributed by atoms with E-state index in [1.807, 2.05) is 0 Å². The predicted octanol–water partition coefficient (Wildman–Crippen LogP) is 3.33. The molecule has 1 aromatic rings. The van der Waals surface area contributed by atoms with Crippen molar-refractivity contribution in [2.24, 2.45) is 4.99 Å². The first-order valence-electron chi connectivity index (χ1n) is 4.38. The van der Waals surface area contributed by atoms with Gasteiger partial charge >= 0.3 is 6.18 Å². The molecule has 0 N–H and O–H groups in total. The zero-order chi connectivity index (χ0) is 11.1. The minimum atomic E-state index is -4.41. The number of nitrogens with zero attached hydrogens (tertiary/aromatic N) is 1. The van der Waals surface area contributed by atoms with Crippen molar-refractivity contribution in [1.29, 1.82) is 0 Å². The highest BCUT2D eigenvalue weighted by Gasteiger charge is 2.34. The molecule has 0 saturated carbocycles. The van der Waals surface area contributed by atoms with Crippen molar-refractivity contribution < 1.29 is 13.2 Å². The van der Waals surface area contributed by atoms with Gasteiger partial charge < -0.3 is 0 Å². The summed E-state index contributed by atoms with van der Waals surface area (Å²) in [5.74, 6) is 0. The Kier molecular flexibility index (Phi) is 2.46. The molecule has 0 amide bonds. The highest BCUT2D eigenvalue weighted by molar-refractivity contribution is 6.31. The smallest absolute Gasteiger partial charge is 0.292 e. The summed E-state index contributed by atoms with van der Waals surface area (Å²) in [6.45, 7) is 0.606. The van der Waals surface area contributed by atoms with Crippen LogP contribution in [-0.2, 0) is 12.6 Å². The summed E-state index contributed by atoms with van der Waals surface area (Å²) in [4.78, 5) is 3.94. The largest absolute Gasteiger partial charge is 0.417 e. The van der Waals surface area contributed by atoms with Crippen LogP contribution in [0.15, 0.2) is 17.1 Å². The minimum absolute atomic E-state index is 0.239. The highest BCUT2D eigenvalue weighted by atomic mass is 35.5. The fourth-order valence-corrected chi connectivity index (χ4v) is 1.83. The van der Waals surface area contributed by atoms with Gasteiger partial charge in [0.2, 0.25) is 0 Å². The van der Waals surface area contributed by atoms with Crippen molar-refractivity contribution in [3.8, 4) is 0 Å². The molecule has 0 fully saturated rings. The molecule has 2 rings (SSSR count). The van der Waals surface area contributed by atoms with Gasteiger partial charge in [-0.15, -0.1) is 0 Å². The van der Waals surface area contributed by atoms with E-state index < -0.39 is 11.7 Å². The topological polar surface area (TPSA) is 12.4 Å². The van der Waals surface area contributed by atoms with E-state index in [4.69, 9.17) is 11.6 Å². The molecule has 0 radical (unpaired) electrons. The van der Waals surface area contributed by atoms with Crippen molar-refractivity contribution in [2.45, 2.75) is 12.6 Å². The van der Waals surface area contributed by atoms with Gasteiger partial charge in [-0.05, 0) is 29.7 Å². The second-order valence-electron chi connectivity index (χ2n) is 3.31. The summed E-state index contributed by atoms with van der Waals surface area (Å²) in [6, 6.07) is 2.44. The molecule has 0 spiro atoms. The second kappa shape index (κ2) is 3.52. The summed E-state index contributed by atoms with van der Waals surface area (Å²) < 4.78 is 37.5. The van der Waals surface area contributed by atoms with Crippen molar-refractivity contribution in [3.05, 3.63) is 33.8 Å². The SMILES string of the molecule is FC(F)(F)c1cc2c(cc1Cl)CCN=C2. The Morgan fingerprint density at radius 1 is 1.27 bits per heavy atom. The van der Waals surface area contributed by atoms with Crippen molar-refractivity contribution >= 4 is 17.8 Å². The van der Waals surface area contributed by atoms with Gasteiger partial charge in [-0.2, -0.15) is 13.2 Å². The number of rotatable bonds is 0. The fourth-order valence-electron chi connectivity index (χ4n) is 1.53. The van der Waals surface area contributed by atoms with Crippen LogP contribution in [0, 0.1) is 0 Å². The van der Waals surface area contributed by atoms with Gasteiger partial charge in [0.15, 0.2) is 0 Å². The third-order valence-electron chi connectivity index (χ3n) is 2.27. The van der Waals surface area contributed by atoms with E-state index >= 15 is 0 Å². The van der Waals surface area contributed by atoms with Crippen LogP contribution in [0.25, 0.3) is 0 Å². The summed E-state index contributed by atoms with van der Waals surface area (Å²) in [5.41, 5.74) is 0.539. The molecular weight excluding hydrogens is 227 g/mol. The average Bonchev–Trinajstić information content (AvgIpc) is 2.15. The Labute approximate surface area is 89.6 Å². The number of benzene rings is 1. The standard InChI is InChI=1S/C10H7ClF3N/c11-9-4-6-1-2-15-5-7(6)3-8(9)10(12,13)14/h3-5H,1-2H2. The lowest BCUT2D eigenvalue weighted by Gasteiger charge is -2.15. The first-order chi connectivity index (χ1) is 6.98. The molecule has 0 unspecified atom stereocenters. The molecule has 5 heteroatoms. The lowest BCUT2D eigenvalue weighted by Crippen LogP contribution is -2.10. The quantitative estimate of drug-likeness (QED) is 0.652. The Morgan fingerprint density at radius 2 is 2.00 bits per heavy atom. The van der Waals surface area contributed by atoms with E-state index in [2.05, 4.69) is 4.99 Å². The summed E-state index contributed by atoms with van der Waals surface area (Å²) in [5, 5.41) is -0.239. The molecule has 80 valence electrons. The van der Waals surface area contributed by atoms with Crippen LogP contribution >= 0.6 is 11.6 Å². The van der Waals surface area contributed by atoms with Crippen molar-refractivity contribution in [2.75, 3.05) is 6.54 Å². The van der Waals surface area contributed by atoms with Gasteiger partial charge in [-0.3, -0.25) is 4.99 Å². The molecule has 1 aromatic carbocycles. The maximum Gasteiger partial charge on any atom is 0.417 e. The number of halogens is 4. The van der Waals surface area contributed by atoms with Gasteiger partial charge in [0.25, 0.3) is 0 Å². The molecule has 0 aromatic heterocycles. The van der Waals surface area contributed by atoms with Gasteiger partial charge in [0.1, 0.15) is 0 Å². The highest BCUT2D eigenvalue weighted by Crippen LogP contribution is 2.36. The number of hydrogen-bond acceptors (Lipinski definition) is 1. The lowest BCUT2D eigenvalue weighted by molar-refractivity contribution is -0.137. The summed E-state index contributed by atoms with van der Waals surface area (Å²) in [6.07, 6.45) is -2.30. The first kappa shape index (κ1) is 10.5. The molecule has 0 atom stereocenters. The predicted molar refractivity (Wildman–Crippen MR) is 52.6 cm³/mol. The molecule has 1 aliphatic rings. The molecule has 0 bridgehead atoms. The summed E-state index contributed by atoms with van der Waals surface area (Å²) >= 11 is 5.58. The third kappa shape index (κ3) is 2.00. The molecule has 1 heterocycles. The fraction of sp³-hybridized carbons (Fsp3) is 0.300. The number of alkyl halides is 3. The van der Waals surface area contributed by atoms with Crippen molar-refractivity contribution in [1.82, 2.24) is 0 Å². The first-order valence-corrected chi connectivity index (χ1v) is 4.76. The zero-order valence-corrected chi connectivity index (χ0v) is 8.36. The Morgan fingerprint density at radius 3 is 2.67 bits per heavy atom. The third-order valence-corrected chi connectivity index (χ3v) is 2.59. The van der Waals surface area contributed by atoms with Crippen LogP contribution in [0.2, 0.25) is 5.02 Å². The van der Waals surface area contributed by atoms with Crippen molar-refractivity contribution in [3.63, 3.8) is 0 Å². The van der Waals surface area contributed by atoms with Gasteiger partial charge in [0, 0.05) is 12.8 Å². The van der Waals surface area contributed by atoms with E-state index in [9.17, 15) is 13.2 Å². The lowest BCUT2D eigenvalue weighted by atomic mass is 10.00. The maximum absolute atomic E-state index is 12.5.